The third-order valence-electron chi connectivity index (χ3n) is 6.52. The number of nitrogens with zero attached hydrogens (tertiary/aromatic N) is 1. The van der Waals surface area contributed by atoms with Gasteiger partial charge < -0.3 is 19.3 Å². The van der Waals surface area contributed by atoms with Crippen LogP contribution in [0.1, 0.15) is 11.1 Å². The number of para-hydroxylation sites is 1. The van der Waals surface area contributed by atoms with E-state index in [1.165, 1.54) is 26.4 Å². The Balaban J connectivity index is 1.41. The summed E-state index contributed by atoms with van der Waals surface area (Å²) in [4.78, 5) is 2.53. The predicted octanol–water partition coefficient (Wildman–Crippen LogP) is 5.02. The van der Waals surface area contributed by atoms with Crippen LogP contribution in [-0.4, -0.2) is 58.4 Å². The van der Waals surface area contributed by atoms with Gasteiger partial charge in [-0.1, -0.05) is 60.7 Å². The van der Waals surface area contributed by atoms with Crippen LogP contribution in [0.15, 0.2) is 113 Å². The molecule has 0 aliphatic heterocycles. The molecule has 210 valence electrons. The highest BCUT2D eigenvalue weighted by Gasteiger charge is 2.20. The Hall–Kier alpha value is -3.85. The fourth-order valence-corrected chi connectivity index (χ4v) is 5.65. The predicted molar refractivity (Wildman–Crippen MR) is 155 cm³/mol. The number of ether oxygens (including phenoxy) is 3. The van der Waals surface area contributed by atoms with Gasteiger partial charge >= 0.3 is 0 Å². The molecule has 0 spiro atoms. The molecule has 0 radical (unpaired) electrons. The summed E-state index contributed by atoms with van der Waals surface area (Å²) in [7, 11) is -0.747. The number of benzene rings is 4. The molecule has 0 bridgehead atoms. The fourth-order valence-electron chi connectivity index (χ4n) is 4.38. The van der Waals surface area contributed by atoms with E-state index in [0.29, 0.717) is 37.6 Å². The summed E-state index contributed by atoms with van der Waals surface area (Å²) in [6.07, 6.45) is 0.0217. The van der Waals surface area contributed by atoms with Gasteiger partial charge in [-0.2, -0.15) is 0 Å². The minimum atomic E-state index is -3.72. The Morgan fingerprint density at radius 3 is 2.02 bits per heavy atom. The van der Waals surface area contributed by atoms with Crippen LogP contribution < -0.4 is 14.2 Å². The molecule has 8 heteroatoms. The molecule has 0 aliphatic carbocycles. The number of sulfone groups is 1. The Labute approximate surface area is 236 Å². The van der Waals surface area contributed by atoms with E-state index in [2.05, 4.69) is 17.0 Å². The lowest BCUT2D eigenvalue weighted by atomic mass is 10.1. The lowest BCUT2D eigenvalue weighted by Gasteiger charge is -2.25. The third-order valence-corrected chi connectivity index (χ3v) is 8.29. The Kier molecular flexibility index (Phi) is 10.2. The monoisotopic (exact) mass is 561 g/mol. The average Bonchev–Trinajstić information content (AvgIpc) is 2.99. The van der Waals surface area contributed by atoms with Crippen LogP contribution in [0.3, 0.4) is 0 Å². The second kappa shape index (κ2) is 14.0. The smallest absolute Gasteiger partial charge is 0.206 e. The van der Waals surface area contributed by atoms with Crippen molar-refractivity contribution >= 4 is 9.84 Å². The molecule has 0 saturated carbocycles. The van der Waals surface area contributed by atoms with Crippen LogP contribution in [0.2, 0.25) is 0 Å². The molecule has 0 aliphatic rings. The van der Waals surface area contributed by atoms with Crippen LogP contribution in [-0.2, 0) is 22.8 Å². The van der Waals surface area contributed by atoms with E-state index in [-0.39, 0.29) is 16.4 Å². The molecule has 1 N–H and O–H groups in total. The first-order valence-corrected chi connectivity index (χ1v) is 14.6. The maximum absolute atomic E-state index is 13.2. The molecule has 1 unspecified atom stereocenters. The Morgan fingerprint density at radius 2 is 1.38 bits per heavy atom. The maximum atomic E-state index is 13.2. The summed E-state index contributed by atoms with van der Waals surface area (Å²) in [5, 5.41) is 10.7. The van der Waals surface area contributed by atoms with Crippen molar-refractivity contribution in [1.29, 1.82) is 0 Å². The zero-order chi connectivity index (χ0) is 28.4. The molecular formula is C32H35NO6S. The van der Waals surface area contributed by atoms with Crippen molar-refractivity contribution in [3.63, 3.8) is 0 Å². The van der Waals surface area contributed by atoms with E-state index in [0.717, 1.165) is 16.9 Å². The van der Waals surface area contributed by atoms with E-state index in [1.807, 2.05) is 60.7 Å². The van der Waals surface area contributed by atoms with E-state index >= 15 is 0 Å². The number of hydrogen-bond donors (Lipinski definition) is 1. The summed E-state index contributed by atoms with van der Waals surface area (Å²) in [5.41, 5.74) is 2.15. The first kappa shape index (κ1) is 29.1. The standard InChI is InChI=1S/C32H35NO6S/c1-37-31-18-17-30(21-32(31)38-2)40(35,36)29-15-13-25(14-16-29)19-20-33(22-26-9-5-3-6-10-26)23-27(34)24-39-28-11-7-4-8-12-28/h3-18,21,27,34H,19-20,22-24H2,1-2H3. The first-order chi connectivity index (χ1) is 19.4. The van der Waals surface area contributed by atoms with E-state index < -0.39 is 15.9 Å². The molecule has 7 nitrogen and oxygen atoms in total. The van der Waals surface area contributed by atoms with Gasteiger partial charge in [-0.05, 0) is 53.9 Å². The van der Waals surface area contributed by atoms with Gasteiger partial charge in [0.25, 0.3) is 0 Å². The summed E-state index contributed by atoms with van der Waals surface area (Å²) < 4.78 is 42.7. The van der Waals surface area contributed by atoms with Gasteiger partial charge in [0.15, 0.2) is 11.5 Å². The normalized spacial score (nSPS) is 12.2. The Bertz CT molecular complexity index is 1440. The van der Waals surface area contributed by atoms with Crippen molar-refractivity contribution < 1.29 is 27.7 Å². The molecule has 0 fully saturated rings. The molecule has 0 heterocycles. The first-order valence-electron chi connectivity index (χ1n) is 13.1. The van der Waals surface area contributed by atoms with Crippen molar-refractivity contribution in [3.8, 4) is 17.2 Å². The quantitative estimate of drug-likeness (QED) is 0.231. The topological polar surface area (TPSA) is 85.3 Å². The van der Waals surface area contributed by atoms with Gasteiger partial charge in [0, 0.05) is 25.7 Å². The van der Waals surface area contributed by atoms with Gasteiger partial charge in [0.1, 0.15) is 18.5 Å². The van der Waals surface area contributed by atoms with Crippen molar-refractivity contribution in [2.75, 3.05) is 33.9 Å². The van der Waals surface area contributed by atoms with Crippen molar-refractivity contribution in [1.82, 2.24) is 4.90 Å². The second-order valence-electron chi connectivity index (χ2n) is 9.41. The molecule has 0 aromatic heterocycles. The van der Waals surface area contributed by atoms with Crippen LogP contribution in [0, 0.1) is 0 Å². The van der Waals surface area contributed by atoms with Crippen LogP contribution >= 0.6 is 0 Å². The van der Waals surface area contributed by atoms with Gasteiger partial charge in [-0.25, -0.2) is 8.42 Å². The van der Waals surface area contributed by atoms with Gasteiger partial charge in [-0.3, -0.25) is 4.90 Å². The highest BCUT2D eigenvalue weighted by Crippen LogP contribution is 2.32. The van der Waals surface area contributed by atoms with Crippen LogP contribution in [0.5, 0.6) is 17.2 Å². The second-order valence-corrected chi connectivity index (χ2v) is 11.4. The molecule has 0 saturated heterocycles. The number of aliphatic hydroxyl groups is 1. The summed E-state index contributed by atoms with van der Waals surface area (Å²) in [6.45, 7) is 1.99. The average molecular weight is 562 g/mol. The summed E-state index contributed by atoms with van der Waals surface area (Å²) in [6, 6.07) is 31.0. The van der Waals surface area contributed by atoms with Gasteiger partial charge in [0.2, 0.25) is 9.84 Å². The van der Waals surface area contributed by atoms with Crippen molar-refractivity contribution in [2.45, 2.75) is 28.9 Å². The molecule has 1 atom stereocenters. The van der Waals surface area contributed by atoms with E-state index in [4.69, 9.17) is 14.2 Å². The van der Waals surface area contributed by atoms with Crippen LogP contribution in [0.4, 0.5) is 0 Å². The highest BCUT2D eigenvalue weighted by molar-refractivity contribution is 7.91. The molecular weight excluding hydrogens is 526 g/mol. The number of aliphatic hydroxyl groups excluding tert-OH is 1. The number of rotatable bonds is 14. The number of methoxy groups -OCH3 is 2. The van der Waals surface area contributed by atoms with Crippen molar-refractivity contribution in [2.24, 2.45) is 0 Å². The van der Waals surface area contributed by atoms with Crippen LogP contribution in [0.25, 0.3) is 0 Å². The SMILES string of the molecule is COc1ccc(S(=O)(=O)c2ccc(CCN(Cc3ccccc3)CC(O)COc3ccccc3)cc2)cc1OC. The maximum Gasteiger partial charge on any atom is 0.206 e. The molecule has 4 rings (SSSR count). The lowest BCUT2D eigenvalue weighted by Crippen LogP contribution is -2.36. The highest BCUT2D eigenvalue weighted by atomic mass is 32.2. The molecule has 4 aromatic carbocycles. The summed E-state index contributed by atoms with van der Waals surface area (Å²) >= 11 is 0. The lowest BCUT2D eigenvalue weighted by molar-refractivity contribution is 0.0659. The zero-order valence-electron chi connectivity index (χ0n) is 22.8. The number of hydrogen-bond acceptors (Lipinski definition) is 7. The third kappa shape index (κ3) is 7.85. The van der Waals surface area contributed by atoms with Gasteiger partial charge in [0.05, 0.1) is 24.0 Å². The Morgan fingerprint density at radius 1 is 0.750 bits per heavy atom. The largest absolute Gasteiger partial charge is 0.493 e. The fraction of sp³-hybridized carbons (Fsp3) is 0.250. The van der Waals surface area contributed by atoms with Crippen molar-refractivity contribution in [3.05, 3.63) is 114 Å². The zero-order valence-corrected chi connectivity index (χ0v) is 23.6. The minimum absolute atomic E-state index is 0.138. The molecule has 0 amide bonds. The van der Waals surface area contributed by atoms with Gasteiger partial charge in [-0.15, -0.1) is 0 Å². The molecule has 40 heavy (non-hydrogen) atoms. The molecule has 4 aromatic rings. The van der Waals surface area contributed by atoms with E-state index in [1.54, 1.807) is 18.2 Å². The summed E-state index contributed by atoms with van der Waals surface area (Å²) in [5.74, 6) is 1.54. The van der Waals surface area contributed by atoms with E-state index in [9.17, 15) is 13.5 Å². The minimum Gasteiger partial charge on any atom is -0.493 e.